The van der Waals surface area contributed by atoms with Crippen molar-refractivity contribution in [2.24, 2.45) is 0 Å². The van der Waals surface area contributed by atoms with E-state index in [4.69, 9.17) is 0 Å². The van der Waals surface area contributed by atoms with Crippen molar-refractivity contribution in [3.05, 3.63) is 77.4 Å². The molecule has 0 nitrogen and oxygen atoms in total. The second-order valence-electron chi connectivity index (χ2n) is 7.17. The van der Waals surface area contributed by atoms with E-state index < -0.39 is 0 Å². The van der Waals surface area contributed by atoms with Crippen LogP contribution in [0.5, 0.6) is 0 Å². The lowest BCUT2D eigenvalue weighted by Crippen LogP contribution is -2.51. The molecule has 120 valence electrons. The fraction of sp³-hybridized carbons (Fsp3) is 0.130. The fourth-order valence-electron chi connectivity index (χ4n) is 4.61. The SMILES string of the molecule is Cc1cc(C)c(B2c3ccccc3-c3sc4ccccc4c32)c(C)c1. The largest absolute Gasteiger partial charge is 0.245 e. The maximum absolute atomic E-state index is 2.33. The van der Waals surface area contributed by atoms with E-state index >= 15 is 0 Å². The average molecular weight is 338 g/mol. The first kappa shape index (κ1) is 15.0. The maximum atomic E-state index is 2.33. The molecule has 0 saturated carbocycles. The molecule has 2 heterocycles. The summed E-state index contributed by atoms with van der Waals surface area (Å²) in [6.45, 7) is 7.08. The van der Waals surface area contributed by atoms with Gasteiger partial charge in [0.2, 0.25) is 6.71 Å². The van der Waals surface area contributed by atoms with Crippen molar-refractivity contribution >= 4 is 44.5 Å². The summed E-state index contributed by atoms with van der Waals surface area (Å²) in [6, 6.07) is 22.5. The zero-order valence-electron chi connectivity index (χ0n) is 14.8. The first-order valence-corrected chi connectivity index (χ1v) is 9.65. The van der Waals surface area contributed by atoms with Crippen LogP contribution in [0, 0.1) is 20.8 Å². The Morgan fingerprint density at radius 1 is 0.760 bits per heavy atom. The quantitative estimate of drug-likeness (QED) is 0.399. The number of hydrogen-bond acceptors (Lipinski definition) is 1. The third kappa shape index (κ3) is 2.07. The summed E-state index contributed by atoms with van der Waals surface area (Å²) >= 11 is 1.94. The van der Waals surface area contributed by atoms with Crippen LogP contribution in [0.2, 0.25) is 0 Å². The molecule has 0 N–H and O–H groups in total. The molecule has 1 aliphatic heterocycles. The van der Waals surface area contributed by atoms with Gasteiger partial charge in [0, 0.05) is 9.58 Å². The van der Waals surface area contributed by atoms with Crippen LogP contribution in [0.25, 0.3) is 20.5 Å². The summed E-state index contributed by atoms with van der Waals surface area (Å²) in [5.41, 5.74) is 10.0. The molecule has 4 aromatic rings. The van der Waals surface area contributed by atoms with E-state index in [1.165, 1.54) is 53.6 Å². The molecule has 0 aliphatic carbocycles. The molecular formula is C23H19BS. The Labute approximate surface area is 153 Å². The lowest BCUT2D eigenvalue weighted by atomic mass is 9.37. The highest BCUT2D eigenvalue weighted by atomic mass is 32.1. The summed E-state index contributed by atoms with van der Waals surface area (Å²) in [7, 11) is 0. The Morgan fingerprint density at radius 2 is 1.44 bits per heavy atom. The van der Waals surface area contributed by atoms with E-state index in [9.17, 15) is 0 Å². The van der Waals surface area contributed by atoms with Gasteiger partial charge in [-0.3, -0.25) is 0 Å². The molecule has 0 amide bonds. The number of thiophene rings is 1. The summed E-state index contributed by atoms with van der Waals surface area (Å²) < 4.78 is 1.40. The number of rotatable bonds is 1. The predicted octanol–water partition coefficient (Wildman–Crippen LogP) is 4.32. The molecule has 0 radical (unpaired) electrons. The minimum absolute atomic E-state index is 0.350. The number of fused-ring (bicyclic) bond motifs is 5. The molecule has 0 saturated heterocycles. The van der Waals surface area contributed by atoms with E-state index in [0.29, 0.717) is 6.71 Å². The van der Waals surface area contributed by atoms with Crippen molar-refractivity contribution in [2.75, 3.05) is 0 Å². The molecule has 1 aliphatic rings. The van der Waals surface area contributed by atoms with Crippen LogP contribution in [-0.2, 0) is 0 Å². The molecule has 2 heteroatoms. The van der Waals surface area contributed by atoms with Crippen molar-refractivity contribution in [3.63, 3.8) is 0 Å². The van der Waals surface area contributed by atoms with E-state index in [1.54, 1.807) is 0 Å². The highest BCUT2D eigenvalue weighted by Gasteiger charge is 2.37. The smallest absolute Gasteiger partial charge is 0.136 e. The van der Waals surface area contributed by atoms with E-state index in [0.717, 1.165) is 0 Å². The first-order valence-electron chi connectivity index (χ1n) is 8.83. The van der Waals surface area contributed by atoms with Crippen LogP contribution >= 0.6 is 11.3 Å². The minimum Gasteiger partial charge on any atom is -0.136 e. The van der Waals surface area contributed by atoms with Crippen LogP contribution < -0.4 is 16.4 Å². The summed E-state index contributed by atoms with van der Waals surface area (Å²) in [5, 5.41) is 1.42. The number of hydrogen-bond donors (Lipinski definition) is 0. The highest BCUT2D eigenvalue weighted by Crippen LogP contribution is 2.35. The molecule has 0 bridgehead atoms. The van der Waals surface area contributed by atoms with Gasteiger partial charge < -0.3 is 0 Å². The van der Waals surface area contributed by atoms with Crippen molar-refractivity contribution in [2.45, 2.75) is 20.8 Å². The van der Waals surface area contributed by atoms with Crippen molar-refractivity contribution in [1.29, 1.82) is 0 Å². The monoisotopic (exact) mass is 338 g/mol. The highest BCUT2D eigenvalue weighted by molar-refractivity contribution is 7.26. The second-order valence-corrected chi connectivity index (χ2v) is 8.23. The lowest BCUT2D eigenvalue weighted by molar-refractivity contribution is 1.35. The molecule has 5 rings (SSSR count). The zero-order chi connectivity index (χ0) is 17.1. The van der Waals surface area contributed by atoms with Gasteiger partial charge in [-0.15, -0.1) is 11.3 Å². The van der Waals surface area contributed by atoms with Gasteiger partial charge in [0.15, 0.2) is 0 Å². The van der Waals surface area contributed by atoms with Crippen molar-refractivity contribution in [3.8, 4) is 10.4 Å². The summed E-state index contributed by atoms with van der Waals surface area (Å²) in [4.78, 5) is 1.46. The molecule has 1 aromatic heterocycles. The summed E-state index contributed by atoms with van der Waals surface area (Å²) in [5.74, 6) is 0. The molecular weight excluding hydrogens is 319 g/mol. The van der Waals surface area contributed by atoms with Crippen LogP contribution in [0.15, 0.2) is 60.7 Å². The van der Waals surface area contributed by atoms with E-state index in [1.807, 2.05) is 11.3 Å². The molecule has 0 atom stereocenters. The van der Waals surface area contributed by atoms with Crippen LogP contribution in [0.3, 0.4) is 0 Å². The Balaban J connectivity index is 1.90. The lowest BCUT2D eigenvalue weighted by Gasteiger charge is -2.18. The fourth-order valence-corrected chi connectivity index (χ4v) is 5.90. The first-order chi connectivity index (χ1) is 12.1. The van der Waals surface area contributed by atoms with Crippen LogP contribution in [0.1, 0.15) is 16.7 Å². The van der Waals surface area contributed by atoms with Gasteiger partial charge in [0.25, 0.3) is 0 Å². The van der Waals surface area contributed by atoms with Gasteiger partial charge in [-0.25, -0.2) is 0 Å². The van der Waals surface area contributed by atoms with Gasteiger partial charge in [-0.05, 0) is 43.3 Å². The molecule has 3 aromatic carbocycles. The Bertz CT molecular complexity index is 1110. The molecule has 0 spiro atoms. The Morgan fingerprint density at radius 3 is 2.24 bits per heavy atom. The second kappa shape index (κ2) is 5.34. The van der Waals surface area contributed by atoms with Crippen molar-refractivity contribution < 1.29 is 0 Å². The van der Waals surface area contributed by atoms with Crippen LogP contribution in [0.4, 0.5) is 0 Å². The normalized spacial score (nSPS) is 12.5. The minimum atomic E-state index is 0.350. The maximum Gasteiger partial charge on any atom is 0.245 e. The molecule has 25 heavy (non-hydrogen) atoms. The Hall–Kier alpha value is -2.32. The third-order valence-corrected chi connectivity index (χ3v) is 6.69. The van der Waals surface area contributed by atoms with Gasteiger partial charge in [-0.2, -0.15) is 0 Å². The van der Waals surface area contributed by atoms with Gasteiger partial charge in [0.1, 0.15) is 0 Å². The Kier molecular flexibility index (Phi) is 3.20. The standard InChI is InChI=1S/C23H19BS/c1-14-12-15(2)21(16(3)13-14)24-19-10-6-4-8-17(19)23-22(24)18-9-5-7-11-20(18)25-23/h4-13H,1-3H3. The number of aryl methyl sites for hydroxylation is 3. The van der Waals surface area contributed by atoms with Crippen LogP contribution in [-0.4, -0.2) is 6.71 Å². The zero-order valence-corrected chi connectivity index (χ0v) is 15.6. The predicted molar refractivity (Wildman–Crippen MR) is 113 cm³/mol. The van der Waals surface area contributed by atoms with E-state index in [2.05, 4.69) is 81.4 Å². The van der Waals surface area contributed by atoms with Gasteiger partial charge in [-0.1, -0.05) is 82.2 Å². The molecule has 0 unspecified atom stereocenters. The molecule has 0 fully saturated rings. The van der Waals surface area contributed by atoms with Gasteiger partial charge in [0.05, 0.1) is 0 Å². The van der Waals surface area contributed by atoms with Crippen molar-refractivity contribution in [1.82, 2.24) is 0 Å². The van der Waals surface area contributed by atoms with E-state index in [-0.39, 0.29) is 0 Å². The third-order valence-electron chi connectivity index (χ3n) is 5.47. The average Bonchev–Trinajstić information content (AvgIpc) is 3.10. The topological polar surface area (TPSA) is 0 Å². The summed E-state index contributed by atoms with van der Waals surface area (Å²) in [6.07, 6.45) is 0. The van der Waals surface area contributed by atoms with Gasteiger partial charge >= 0.3 is 0 Å². The number of benzene rings is 3.